The third-order valence-corrected chi connectivity index (χ3v) is 3.27. The Balaban J connectivity index is 0.00000361. The van der Waals surface area contributed by atoms with Gasteiger partial charge in [-0.2, -0.15) is 0 Å². The van der Waals surface area contributed by atoms with E-state index in [-0.39, 0.29) is 29.9 Å². The Hall–Kier alpha value is -0.830. The first kappa shape index (κ1) is 19.2. The standard InChI is InChI=1S/C13H21N3O2S.HI/c1-3-18-12(17)7-4-8-15-13(14-2)16-10-11-6-5-9-19-11;/h5-6,9H,3-4,7-8,10H2,1-2H3,(H2,14,15,16);1H. The van der Waals surface area contributed by atoms with E-state index in [1.165, 1.54) is 4.88 Å². The number of rotatable bonds is 7. The minimum absolute atomic E-state index is 0. The summed E-state index contributed by atoms with van der Waals surface area (Å²) in [5.74, 6) is 0.600. The molecule has 0 amide bonds. The highest BCUT2D eigenvalue weighted by molar-refractivity contribution is 14.0. The average molecular weight is 411 g/mol. The summed E-state index contributed by atoms with van der Waals surface area (Å²) in [4.78, 5) is 16.5. The fourth-order valence-electron chi connectivity index (χ4n) is 1.48. The lowest BCUT2D eigenvalue weighted by Gasteiger charge is -2.10. The zero-order chi connectivity index (χ0) is 13.9. The highest BCUT2D eigenvalue weighted by Gasteiger charge is 2.02. The molecule has 0 aliphatic rings. The molecule has 0 saturated carbocycles. The highest BCUT2D eigenvalue weighted by atomic mass is 127. The smallest absolute Gasteiger partial charge is 0.305 e. The Morgan fingerprint density at radius 1 is 1.45 bits per heavy atom. The lowest BCUT2D eigenvalue weighted by molar-refractivity contribution is -0.143. The Kier molecular flexibility index (Phi) is 11.5. The number of carbonyl (C=O) groups excluding carboxylic acids is 1. The lowest BCUT2D eigenvalue weighted by Crippen LogP contribution is -2.37. The van der Waals surface area contributed by atoms with E-state index < -0.39 is 0 Å². The second-order valence-corrected chi connectivity index (χ2v) is 4.87. The molecule has 1 aromatic heterocycles. The molecule has 0 aromatic carbocycles. The third kappa shape index (κ3) is 8.36. The second-order valence-electron chi connectivity index (χ2n) is 3.84. The van der Waals surface area contributed by atoms with Gasteiger partial charge in [-0.1, -0.05) is 6.07 Å². The number of nitrogens with one attached hydrogen (secondary N) is 2. The van der Waals surface area contributed by atoms with Crippen molar-refractivity contribution in [3.05, 3.63) is 22.4 Å². The molecule has 1 heterocycles. The zero-order valence-electron chi connectivity index (χ0n) is 11.8. The van der Waals surface area contributed by atoms with Crippen molar-refractivity contribution in [2.24, 2.45) is 4.99 Å². The van der Waals surface area contributed by atoms with Crippen LogP contribution in [0.1, 0.15) is 24.6 Å². The Morgan fingerprint density at radius 2 is 2.25 bits per heavy atom. The first-order valence-corrected chi connectivity index (χ1v) is 7.26. The molecule has 0 aliphatic heterocycles. The van der Waals surface area contributed by atoms with Gasteiger partial charge in [0.2, 0.25) is 0 Å². The third-order valence-electron chi connectivity index (χ3n) is 2.39. The number of thiophene rings is 1. The van der Waals surface area contributed by atoms with Gasteiger partial charge < -0.3 is 15.4 Å². The largest absolute Gasteiger partial charge is 0.466 e. The van der Waals surface area contributed by atoms with Crippen LogP contribution in [-0.2, 0) is 16.1 Å². The van der Waals surface area contributed by atoms with Gasteiger partial charge in [0.15, 0.2) is 5.96 Å². The number of halogens is 1. The maximum atomic E-state index is 11.1. The van der Waals surface area contributed by atoms with Gasteiger partial charge >= 0.3 is 5.97 Å². The topological polar surface area (TPSA) is 62.7 Å². The van der Waals surface area contributed by atoms with Crippen LogP contribution in [0, 0.1) is 0 Å². The summed E-state index contributed by atoms with van der Waals surface area (Å²) in [5.41, 5.74) is 0. The number of aliphatic imine (C=N–C) groups is 1. The Bertz CT molecular complexity index is 396. The van der Waals surface area contributed by atoms with Crippen LogP contribution in [0.3, 0.4) is 0 Å². The Labute approximate surface area is 141 Å². The predicted molar refractivity (Wildman–Crippen MR) is 93.8 cm³/mol. The van der Waals surface area contributed by atoms with E-state index >= 15 is 0 Å². The molecule has 0 spiro atoms. The van der Waals surface area contributed by atoms with Gasteiger partial charge in [0.05, 0.1) is 13.2 Å². The van der Waals surface area contributed by atoms with Crippen LogP contribution < -0.4 is 10.6 Å². The lowest BCUT2D eigenvalue weighted by atomic mass is 10.3. The van der Waals surface area contributed by atoms with Crippen molar-refractivity contribution in [2.75, 3.05) is 20.2 Å². The number of hydrogen-bond acceptors (Lipinski definition) is 4. The molecule has 0 radical (unpaired) electrons. The van der Waals surface area contributed by atoms with Crippen molar-refractivity contribution in [1.82, 2.24) is 10.6 Å². The summed E-state index contributed by atoms with van der Waals surface area (Å²) < 4.78 is 4.86. The minimum Gasteiger partial charge on any atom is -0.466 e. The number of esters is 1. The maximum Gasteiger partial charge on any atom is 0.305 e. The van der Waals surface area contributed by atoms with Crippen molar-refractivity contribution < 1.29 is 9.53 Å². The fraction of sp³-hybridized carbons (Fsp3) is 0.538. The van der Waals surface area contributed by atoms with E-state index in [9.17, 15) is 4.79 Å². The van der Waals surface area contributed by atoms with E-state index in [2.05, 4.69) is 21.7 Å². The van der Waals surface area contributed by atoms with Gasteiger partial charge in [-0.15, -0.1) is 35.3 Å². The molecule has 20 heavy (non-hydrogen) atoms. The number of hydrogen-bond donors (Lipinski definition) is 2. The van der Waals surface area contributed by atoms with E-state index in [0.29, 0.717) is 19.6 Å². The van der Waals surface area contributed by atoms with E-state index in [0.717, 1.165) is 18.9 Å². The van der Waals surface area contributed by atoms with Gasteiger partial charge in [-0.3, -0.25) is 9.79 Å². The van der Waals surface area contributed by atoms with E-state index in [1.54, 1.807) is 18.4 Å². The Morgan fingerprint density at radius 3 is 2.85 bits per heavy atom. The van der Waals surface area contributed by atoms with Gasteiger partial charge in [-0.25, -0.2) is 0 Å². The molecule has 0 unspecified atom stereocenters. The minimum atomic E-state index is -0.147. The molecule has 114 valence electrons. The maximum absolute atomic E-state index is 11.1. The van der Waals surface area contributed by atoms with Crippen molar-refractivity contribution in [1.29, 1.82) is 0 Å². The quantitative estimate of drug-likeness (QED) is 0.238. The molecule has 0 aliphatic carbocycles. The summed E-state index contributed by atoms with van der Waals surface area (Å²) in [6, 6.07) is 4.10. The van der Waals surface area contributed by atoms with Crippen LogP contribution in [-0.4, -0.2) is 32.1 Å². The molecule has 0 fully saturated rings. The van der Waals surface area contributed by atoms with Gasteiger partial charge in [0, 0.05) is 24.9 Å². The van der Waals surface area contributed by atoms with Crippen molar-refractivity contribution in [3.8, 4) is 0 Å². The summed E-state index contributed by atoms with van der Waals surface area (Å²) in [6.07, 6.45) is 1.17. The van der Waals surface area contributed by atoms with Crippen LogP contribution in [0.4, 0.5) is 0 Å². The fourth-order valence-corrected chi connectivity index (χ4v) is 2.12. The van der Waals surface area contributed by atoms with E-state index in [4.69, 9.17) is 4.74 Å². The molecule has 0 bridgehead atoms. The highest BCUT2D eigenvalue weighted by Crippen LogP contribution is 2.07. The van der Waals surface area contributed by atoms with Crippen LogP contribution in [0.25, 0.3) is 0 Å². The van der Waals surface area contributed by atoms with Crippen LogP contribution in [0.5, 0.6) is 0 Å². The normalized spacial score (nSPS) is 10.6. The van der Waals surface area contributed by atoms with Crippen molar-refractivity contribution in [3.63, 3.8) is 0 Å². The number of carbonyl (C=O) groups is 1. The van der Waals surface area contributed by atoms with Crippen LogP contribution in [0.15, 0.2) is 22.5 Å². The molecule has 1 rings (SSSR count). The monoisotopic (exact) mass is 411 g/mol. The first-order chi connectivity index (χ1) is 9.26. The summed E-state index contributed by atoms with van der Waals surface area (Å²) in [5, 5.41) is 8.43. The SMILES string of the molecule is CCOC(=O)CCCNC(=NC)NCc1cccs1.I. The summed E-state index contributed by atoms with van der Waals surface area (Å²) in [7, 11) is 1.73. The number of ether oxygens (including phenoxy) is 1. The number of guanidine groups is 1. The molecule has 7 heteroatoms. The summed E-state index contributed by atoms with van der Waals surface area (Å²) >= 11 is 1.71. The van der Waals surface area contributed by atoms with Gasteiger partial charge in [0.25, 0.3) is 0 Å². The predicted octanol–water partition coefficient (Wildman–Crippen LogP) is 2.37. The van der Waals surface area contributed by atoms with Crippen molar-refractivity contribution >= 4 is 47.2 Å². The first-order valence-electron chi connectivity index (χ1n) is 6.38. The molecule has 0 saturated heterocycles. The molecule has 5 nitrogen and oxygen atoms in total. The summed E-state index contributed by atoms with van der Waals surface area (Å²) in [6.45, 7) is 3.71. The van der Waals surface area contributed by atoms with Gasteiger partial charge in [-0.05, 0) is 24.8 Å². The van der Waals surface area contributed by atoms with E-state index in [1.807, 2.05) is 18.4 Å². The molecular weight excluding hydrogens is 389 g/mol. The number of nitrogens with zero attached hydrogens (tertiary/aromatic N) is 1. The van der Waals surface area contributed by atoms with Gasteiger partial charge in [0.1, 0.15) is 0 Å². The van der Waals surface area contributed by atoms with Crippen LogP contribution in [0.2, 0.25) is 0 Å². The zero-order valence-corrected chi connectivity index (χ0v) is 15.0. The molecule has 2 N–H and O–H groups in total. The second kappa shape index (κ2) is 12.0. The molecule has 0 atom stereocenters. The molecular formula is C13H22IN3O2S. The molecule has 1 aromatic rings. The average Bonchev–Trinajstić information content (AvgIpc) is 2.91. The van der Waals surface area contributed by atoms with Crippen molar-refractivity contribution in [2.45, 2.75) is 26.3 Å². The van der Waals surface area contributed by atoms with Crippen LogP contribution >= 0.6 is 35.3 Å².